The first kappa shape index (κ1) is 12.4. The maximum atomic E-state index is 9.69. The van der Waals surface area contributed by atoms with Gasteiger partial charge in [0, 0.05) is 16.9 Å². The summed E-state index contributed by atoms with van der Waals surface area (Å²) in [7, 11) is 0. The number of hydrogen-bond donors (Lipinski definition) is 3. The first-order valence-electron chi connectivity index (χ1n) is 5.79. The van der Waals surface area contributed by atoms with Crippen molar-refractivity contribution in [3.63, 3.8) is 0 Å². The molecule has 4 heteroatoms. The van der Waals surface area contributed by atoms with Gasteiger partial charge in [0.05, 0.1) is 13.2 Å². The maximum absolute atomic E-state index is 9.69. The van der Waals surface area contributed by atoms with E-state index in [9.17, 15) is 10.2 Å². The van der Waals surface area contributed by atoms with Crippen LogP contribution in [0, 0.1) is 6.92 Å². The number of pyridine rings is 1. The van der Waals surface area contributed by atoms with Gasteiger partial charge in [-0.15, -0.1) is 0 Å². The van der Waals surface area contributed by atoms with Crippen LogP contribution in [0.15, 0.2) is 36.4 Å². The van der Waals surface area contributed by atoms with Crippen molar-refractivity contribution in [2.24, 2.45) is 0 Å². The highest BCUT2D eigenvalue weighted by atomic mass is 16.3. The second-order valence-corrected chi connectivity index (χ2v) is 4.09. The number of para-hydroxylation sites is 1. The van der Waals surface area contributed by atoms with E-state index in [-0.39, 0.29) is 12.4 Å². The summed E-state index contributed by atoms with van der Waals surface area (Å²) in [4.78, 5) is 4.27. The molecule has 0 aliphatic carbocycles. The molecule has 2 aromatic rings. The molecule has 4 nitrogen and oxygen atoms in total. The summed E-state index contributed by atoms with van der Waals surface area (Å²) in [5.41, 5.74) is 3.13. The SMILES string of the molecule is Cc1ccc(O)c(CNc2ccccc2CO)n1. The highest BCUT2D eigenvalue weighted by Gasteiger charge is 2.05. The second-order valence-electron chi connectivity index (χ2n) is 4.09. The van der Waals surface area contributed by atoms with Gasteiger partial charge < -0.3 is 15.5 Å². The molecule has 2 rings (SSSR count). The van der Waals surface area contributed by atoms with Gasteiger partial charge in [-0.2, -0.15) is 0 Å². The monoisotopic (exact) mass is 244 g/mol. The average Bonchev–Trinajstić information content (AvgIpc) is 2.40. The van der Waals surface area contributed by atoms with Crippen molar-refractivity contribution >= 4 is 5.69 Å². The maximum Gasteiger partial charge on any atom is 0.138 e. The lowest BCUT2D eigenvalue weighted by molar-refractivity contribution is 0.282. The summed E-state index contributed by atoms with van der Waals surface area (Å²) in [6, 6.07) is 10.9. The number of benzene rings is 1. The molecular formula is C14H16N2O2. The van der Waals surface area contributed by atoms with E-state index in [4.69, 9.17) is 0 Å². The molecule has 0 unspecified atom stereocenters. The van der Waals surface area contributed by atoms with Crippen LogP contribution in [0.3, 0.4) is 0 Å². The van der Waals surface area contributed by atoms with Crippen LogP contribution in [0.1, 0.15) is 17.0 Å². The summed E-state index contributed by atoms with van der Waals surface area (Å²) in [6.45, 7) is 2.28. The van der Waals surface area contributed by atoms with Crippen molar-refractivity contribution < 1.29 is 10.2 Å². The Morgan fingerprint density at radius 3 is 2.72 bits per heavy atom. The number of nitrogens with zero attached hydrogens (tertiary/aromatic N) is 1. The minimum atomic E-state index is -0.0175. The van der Waals surface area contributed by atoms with Crippen molar-refractivity contribution in [3.05, 3.63) is 53.3 Å². The van der Waals surface area contributed by atoms with Crippen LogP contribution in [0.25, 0.3) is 0 Å². The zero-order valence-corrected chi connectivity index (χ0v) is 10.2. The Labute approximate surface area is 106 Å². The van der Waals surface area contributed by atoms with Crippen LogP contribution in [-0.4, -0.2) is 15.2 Å². The van der Waals surface area contributed by atoms with Crippen molar-refractivity contribution in [2.45, 2.75) is 20.1 Å². The van der Waals surface area contributed by atoms with Gasteiger partial charge in [-0.3, -0.25) is 4.98 Å². The standard InChI is InChI=1S/C14H16N2O2/c1-10-6-7-14(18)13(16-10)8-15-12-5-3-2-4-11(12)9-17/h2-7,15,17-18H,8-9H2,1H3. The molecule has 3 N–H and O–H groups in total. The first-order valence-corrected chi connectivity index (χ1v) is 5.79. The van der Waals surface area contributed by atoms with E-state index in [1.54, 1.807) is 12.1 Å². The van der Waals surface area contributed by atoms with E-state index in [1.165, 1.54) is 0 Å². The van der Waals surface area contributed by atoms with Crippen molar-refractivity contribution in [2.75, 3.05) is 5.32 Å². The van der Waals surface area contributed by atoms with E-state index < -0.39 is 0 Å². The van der Waals surface area contributed by atoms with E-state index in [1.807, 2.05) is 31.2 Å². The van der Waals surface area contributed by atoms with Crippen LogP contribution in [0.4, 0.5) is 5.69 Å². The van der Waals surface area contributed by atoms with Gasteiger partial charge in [0.25, 0.3) is 0 Å². The van der Waals surface area contributed by atoms with Crippen LogP contribution in [-0.2, 0) is 13.2 Å². The summed E-state index contributed by atoms with van der Waals surface area (Å²) in [5, 5.41) is 22.1. The van der Waals surface area contributed by atoms with E-state index in [2.05, 4.69) is 10.3 Å². The van der Waals surface area contributed by atoms with Crippen LogP contribution < -0.4 is 5.32 Å². The van der Waals surface area contributed by atoms with Crippen molar-refractivity contribution in [1.29, 1.82) is 0 Å². The number of aliphatic hydroxyl groups is 1. The molecule has 0 bridgehead atoms. The number of aryl methyl sites for hydroxylation is 1. The summed E-state index contributed by atoms with van der Waals surface area (Å²) >= 11 is 0. The topological polar surface area (TPSA) is 65.4 Å². The van der Waals surface area contributed by atoms with E-state index in [0.717, 1.165) is 16.9 Å². The molecule has 0 fully saturated rings. The molecule has 0 saturated heterocycles. The van der Waals surface area contributed by atoms with E-state index in [0.29, 0.717) is 12.2 Å². The van der Waals surface area contributed by atoms with Crippen molar-refractivity contribution in [1.82, 2.24) is 4.98 Å². The Bertz CT molecular complexity index is 541. The van der Waals surface area contributed by atoms with Gasteiger partial charge in [-0.05, 0) is 25.1 Å². The molecule has 1 aromatic carbocycles. The molecule has 0 saturated carbocycles. The zero-order chi connectivity index (χ0) is 13.0. The van der Waals surface area contributed by atoms with Gasteiger partial charge >= 0.3 is 0 Å². The highest BCUT2D eigenvalue weighted by molar-refractivity contribution is 5.51. The number of rotatable bonds is 4. The van der Waals surface area contributed by atoms with Gasteiger partial charge in [-0.25, -0.2) is 0 Å². The molecule has 0 amide bonds. The molecular weight excluding hydrogens is 228 g/mol. The molecule has 0 radical (unpaired) electrons. The lowest BCUT2D eigenvalue weighted by Crippen LogP contribution is -2.05. The largest absolute Gasteiger partial charge is 0.506 e. The molecule has 1 heterocycles. The summed E-state index contributed by atoms with van der Waals surface area (Å²) in [5.74, 6) is 0.176. The highest BCUT2D eigenvalue weighted by Crippen LogP contribution is 2.19. The second kappa shape index (κ2) is 5.51. The smallest absolute Gasteiger partial charge is 0.138 e. The molecule has 0 aliphatic rings. The number of nitrogens with one attached hydrogen (secondary N) is 1. The number of aliphatic hydroxyl groups excluding tert-OH is 1. The molecule has 18 heavy (non-hydrogen) atoms. The van der Waals surface area contributed by atoms with Gasteiger partial charge in [0.15, 0.2) is 0 Å². The Morgan fingerprint density at radius 1 is 1.17 bits per heavy atom. The molecule has 94 valence electrons. The molecule has 0 spiro atoms. The van der Waals surface area contributed by atoms with Gasteiger partial charge in [-0.1, -0.05) is 18.2 Å². The lowest BCUT2D eigenvalue weighted by atomic mass is 10.2. The Balaban J connectivity index is 2.14. The third kappa shape index (κ3) is 2.78. The third-order valence-corrected chi connectivity index (χ3v) is 2.72. The summed E-state index contributed by atoms with van der Waals surface area (Å²) in [6.07, 6.45) is 0. The van der Waals surface area contributed by atoms with Crippen LogP contribution in [0.5, 0.6) is 5.75 Å². The molecule has 1 aromatic heterocycles. The number of hydrogen-bond acceptors (Lipinski definition) is 4. The molecule has 0 atom stereocenters. The first-order chi connectivity index (χ1) is 8.70. The fourth-order valence-electron chi connectivity index (χ4n) is 1.74. The van der Waals surface area contributed by atoms with Crippen LogP contribution in [0.2, 0.25) is 0 Å². The normalized spacial score (nSPS) is 10.3. The van der Waals surface area contributed by atoms with Gasteiger partial charge in [0.1, 0.15) is 11.4 Å². The number of aromatic hydroxyl groups is 1. The minimum Gasteiger partial charge on any atom is -0.506 e. The quantitative estimate of drug-likeness (QED) is 0.771. The molecule has 0 aliphatic heterocycles. The predicted molar refractivity (Wildman–Crippen MR) is 70.3 cm³/mol. The fraction of sp³-hybridized carbons (Fsp3) is 0.214. The minimum absolute atomic E-state index is 0.0175. The van der Waals surface area contributed by atoms with E-state index >= 15 is 0 Å². The third-order valence-electron chi connectivity index (χ3n) is 2.72. The Morgan fingerprint density at radius 2 is 1.94 bits per heavy atom. The average molecular weight is 244 g/mol. The number of aromatic nitrogens is 1. The fourth-order valence-corrected chi connectivity index (χ4v) is 1.74. The predicted octanol–water partition coefficient (Wildman–Crippen LogP) is 2.20. The Kier molecular flexibility index (Phi) is 3.79. The van der Waals surface area contributed by atoms with Gasteiger partial charge in [0.2, 0.25) is 0 Å². The number of anilines is 1. The lowest BCUT2D eigenvalue weighted by Gasteiger charge is -2.11. The summed E-state index contributed by atoms with van der Waals surface area (Å²) < 4.78 is 0. The Hall–Kier alpha value is -2.07. The van der Waals surface area contributed by atoms with Crippen molar-refractivity contribution in [3.8, 4) is 5.75 Å². The zero-order valence-electron chi connectivity index (χ0n) is 10.2. The van der Waals surface area contributed by atoms with Crippen LogP contribution >= 0.6 is 0 Å².